The zero-order valence-electron chi connectivity index (χ0n) is 9.07. The summed E-state index contributed by atoms with van der Waals surface area (Å²) < 4.78 is 2.11. The molecule has 0 nitrogen and oxygen atoms in total. The molecule has 2 atom stereocenters. The average Bonchev–Trinajstić information content (AvgIpc) is 2.01. The van der Waals surface area contributed by atoms with Gasteiger partial charge in [0.25, 0.3) is 0 Å². The van der Waals surface area contributed by atoms with Crippen LogP contribution in [0.1, 0.15) is 40.5 Å². The minimum absolute atomic E-state index is 1.05. The molecule has 0 aliphatic carbocycles. The molecule has 0 amide bonds. The molecule has 0 rings (SSSR count). The molecule has 2 unspecified atom stereocenters. The van der Waals surface area contributed by atoms with Crippen LogP contribution in [-0.4, -0.2) is 18.4 Å². The van der Waals surface area contributed by atoms with Gasteiger partial charge in [0.15, 0.2) is 0 Å². The van der Waals surface area contributed by atoms with Crippen molar-refractivity contribution in [3.63, 3.8) is 0 Å². The Kier molecular flexibility index (Phi) is 5.08. The zero-order chi connectivity index (χ0) is 9.07. The van der Waals surface area contributed by atoms with Crippen LogP contribution in [-0.2, 0) is 0 Å². The Balaban J connectivity index is 4.18. The summed E-state index contributed by atoms with van der Waals surface area (Å²) in [6, 6.07) is 0. The minimum atomic E-state index is -1.64. The summed E-state index contributed by atoms with van der Waals surface area (Å²) in [5.74, 6) is 0. The van der Waals surface area contributed by atoms with Crippen LogP contribution in [0, 0.1) is 0 Å². The molecule has 0 aliphatic rings. The summed E-state index contributed by atoms with van der Waals surface area (Å²) in [5.41, 5.74) is 0. The van der Waals surface area contributed by atoms with E-state index in [0.717, 1.165) is 7.87 Å². The van der Waals surface area contributed by atoms with E-state index in [4.69, 9.17) is 0 Å². The predicted octanol–water partition coefficient (Wildman–Crippen LogP) is 4.30. The van der Waals surface area contributed by atoms with E-state index in [1.165, 1.54) is 12.8 Å². The first kappa shape index (κ1) is 11.8. The second-order valence-electron chi connectivity index (χ2n) is 4.44. The molecule has 11 heavy (non-hydrogen) atoms. The fourth-order valence-electron chi connectivity index (χ4n) is 1.54. The molecule has 0 aromatic heterocycles. The van der Waals surface area contributed by atoms with Crippen LogP contribution in [0.2, 0.25) is 17.7 Å². The second-order valence-corrected chi connectivity index (χ2v) is 20.5. The predicted molar refractivity (Wildman–Crippen MR) is 56.9 cm³/mol. The molecule has 0 saturated heterocycles. The molecule has 0 fully saturated rings. The maximum absolute atomic E-state index is 2.61. The van der Waals surface area contributed by atoms with Crippen molar-refractivity contribution < 1.29 is 0 Å². The Morgan fingerprint density at radius 3 is 1.36 bits per heavy atom. The molecule has 0 bridgehead atoms. The molecule has 1 heteroatoms. The maximum atomic E-state index is 2.61. The average molecular weight is 263 g/mol. The van der Waals surface area contributed by atoms with Gasteiger partial charge < -0.3 is 0 Å². The van der Waals surface area contributed by atoms with E-state index in [1.54, 1.807) is 0 Å². The van der Waals surface area contributed by atoms with Crippen molar-refractivity contribution in [2.45, 2.75) is 58.3 Å². The molecule has 0 radical (unpaired) electrons. The van der Waals surface area contributed by atoms with Crippen LogP contribution in [0.3, 0.4) is 0 Å². The van der Waals surface area contributed by atoms with Gasteiger partial charge >= 0.3 is 76.7 Å². The van der Waals surface area contributed by atoms with Crippen molar-refractivity contribution in [1.82, 2.24) is 0 Å². The second kappa shape index (κ2) is 4.73. The fourth-order valence-corrected chi connectivity index (χ4v) is 10.3. The van der Waals surface area contributed by atoms with Crippen LogP contribution in [0.5, 0.6) is 0 Å². The Bertz CT molecular complexity index is 95.4. The third-order valence-corrected chi connectivity index (χ3v) is 20.6. The van der Waals surface area contributed by atoms with Crippen LogP contribution < -0.4 is 0 Å². The van der Waals surface area contributed by atoms with Crippen LogP contribution in [0.4, 0.5) is 0 Å². The molecule has 68 valence electrons. The van der Waals surface area contributed by atoms with E-state index in [0.29, 0.717) is 0 Å². The molecule has 0 aromatic carbocycles. The van der Waals surface area contributed by atoms with Crippen molar-refractivity contribution in [3.8, 4) is 0 Å². The molecule has 0 saturated carbocycles. The molecule has 0 N–H and O–H groups in total. The van der Waals surface area contributed by atoms with Crippen LogP contribution in [0.25, 0.3) is 0 Å². The first-order chi connectivity index (χ1) is 4.96. The van der Waals surface area contributed by atoms with Gasteiger partial charge in [0, 0.05) is 0 Å². The zero-order valence-corrected chi connectivity index (χ0v) is 11.9. The van der Waals surface area contributed by atoms with E-state index < -0.39 is 18.4 Å². The first-order valence-corrected chi connectivity index (χ1v) is 14.0. The van der Waals surface area contributed by atoms with Gasteiger partial charge in [0.1, 0.15) is 0 Å². The number of rotatable bonds is 4. The van der Waals surface area contributed by atoms with E-state index in [2.05, 4.69) is 37.6 Å². The van der Waals surface area contributed by atoms with Crippen molar-refractivity contribution in [2.24, 2.45) is 0 Å². The van der Waals surface area contributed by atoms with E-state index in [-0.39, 0.29) is 0 Å². The van der Waals surface area contributed by atoms with E-state index in [9.17, 15) is 0 Å². The van der Waals surface area contributed by atoms with E-state index >= 15 is 0 Å². The SMILES string of the molecule is CC[CH](C)[Sn]([CH3])([CH3])[CH](C)CC. The summed E-state index contributed by atoms with van der Waals surface area (Å²) in [6.07, 6.45) is 2.79. The standard InChI is InChI=1S/2C4H9.2CH3.Sn/c2*1-3-4-2;;;/h2*3H,4H2,1-2H3;2*1H3;. The summed E-state index contributed by atoms with van der Waals surface area (Å²) >= 11 is -1.64. The summed E-state index contributed by atoms with van der Waals surface area (Å²) in [7, 11) is 0. The summed E-state index contributed by atoms with van der Waals surface area (Å²) in [6.45, 7) is 9.60. The normalized spacial score (nSPS) is 18.0. The van der Waals surface area contributed by atoms with Gasteiger partial charge in [0.05, 0.1) is 0 Å². The topological polar surface area (TPSA) is 0 Å². The first-order valence-electron chi connectivity index (χ1n) is 4.96. The van der Waals surface area contributed by atoms with Gasteiger partial charge in [-0.15, -0.1) is 0 Å². The summed E-state index contributed by atoms with van der Waals surface area (Å²) in [5, 5.41) is 0. The van der Waals surface area contributed by atoms with Gasteiger partial charge in [-0.2, -0.15) is 0 Å². The monoisotopic (exact) mass is 264 g/mol. The molecular formula is C10H24Sn. The third-order valence-electron chi connectivity index (χ3n) is 3.76. The van der Waals surface area contributed by atoms with Crippen LogP contribution in [0.15, 0.2) is 0 Å². The van der Waals surface area contributed by atoms with Crippen LogP contribution >= 0.6 is 0 Å². The van der Waals surface area contributed by atoms with Gasteiger partial charge in [-0.25, -0.2) is 0 Å². The Labute approximate surface area is 76.6 Å². The Morgan fingerprint density at radius 2 is 1.18 bits per heavy atom. The van der Waals surface area contributed by atoms with Gasteiger partial charge in [-0.3, -0.25) is 0 Å². The van der Waals surface area contributed by atoms with Gasteiger partial charge in [-0.1, -0.05) is 0 Å². The molecular weight excluding hydrogens is 239 g/mol. The van der Waals surface area contributed by atoms with Crippen molar-refractivity contribution in [3.05, 3.63) is 0 Å². The van der Waals surface area contributed by atoms with Crippen molar-refractivity contribution in [1.29, 1.82) is 0 Å². The molecule has 0 aliphatic heterocycles. The quantitative estimate of drug-likeness (QED) is 0.663. The van der Waals surface area contributed by atoms with Gasteiger partial charge in [-0.05, 0) is 0 Å². The Hall–Kier alpha value is 0.799. The molecule has 0 spiro atoms. The molecule has 0 heterocycles. The van der Waals surface area contributed by atoms with Crippen molar-refractivity contribution in [2.75, 3.05) is 0 Å². The van der Waals surface area contributed by atoms with E-state index in [1.807, 2.05) is 0 Å². The third kappa shape index (κ3) is 2.96. The molecule has 0 aromatic rings. The number of hydrogen-bond donors (Lipinski definition) is 0. The fraction of sp³-hybridized carbons (Fsp3) is 1.00. The van der Waals surface area contributed by atoms with Crippen molar-refractivity contribution >= 4 is 18.4 Å². The Morgan fingerprint density at radius 1 is 0.909 bits per heavy atom. The van der Waals surface area contributed by atoms with Gasteiger partial charge in [0.2, 0.25) is 0 Å². The summed E-state index contributed by atoms with van der Waals surface area (Å²) in [4.78, 5) is 5.22. The number of hydrogen-bond acceptors (Lipinski definition) is 0.